The van der Waals surface area contributed by atoms with Crippen LogP contribution in [0.1, 0.15) is 19.8 Å². The van der Waals surface area contributed by atoms with E-state index >= 15 is 0 Å². The lowest BCUT2D eigenvalue weighted by Crippen LogP contribution is -2.49. The van der Waals surface area contributed by atoms with Gasteiger partial charge in [0.2, 0.25) is 21.8 Å². The normalized spacial score (nSPS) is 18.4. The highest BCUT2D eigenvalue weighted by molar-refractivity contribution is 7.89. The van der Waals surface area contributed by atoms with Crippen LogP contribution in [0, 0.1) is 5.92 Å². The average Bonchev–Trinajstić information content (AvgIpc) is 3.26. The van der Waals surface area contributed by atoms with Gasteiger partial charge >= 0.3 is 0 Å². The number of carbonyl (C=O) groups excluding carboxylic acids is 2. The summed E-state index contributed by atoms with van der Waals surface area (Å²) in [5.74, 6) is -0.681. The van der Waals surface area contributed by atoms with Crippen molar-refractivity contribution in [3.8, 4) is 5.75 Å². The second-order valence-corrected chi connectivity index (χ2v) is 9.77. The van der Waals surface area contributed by atoms with Crippen molar-refractivity contribution in [3.05, 3.63) is 35.8 Å². The van der Waals surface area contributed by atoms with Gasteiger partial charge in [0, 0.05) is 24.7 Å². The molecule has 2 amide bonds. The minimum atomic E-state index is -3.72. The Labute approximate surface area is 179 Å². The summed E-state index contributed by atoms with van der Waals surface area (Å²) in [5, 5.41) is 7.50. The van der Waals surface area contributed by atoms with Gasteiger partial charge in [-0.15, -0.1) is 11.3 Å². The fraction of sp³-hybridized carbons (Fsp3) is 0.421. The fourth-order valence-electron chi connectivity index (χ4n) is 3.17. The zero-order valence-corrected chi connectivity index (χ0v) is 18.3. The second-order valence-electron chi connectivity index (χ2n) is 6.93. The Kier molecular flexibility index (Phi) is 7.06. The fourth-order valence-corrected chi connectivity index (χ4v) is 5.22. The number of methoxy groups -OCH3 is 1. The molecule has 2 N–H and O–H groups in total. The standard InChI is InChI=1S/C19H24N4O5S2/c1-13(17(24)22-19-20-9-11-29-19)21-18(25)14-4-3-10-23(12-14)30(26,27)16-7-5-15(28-2)6-8-16/h5-9,11,13-14H,3-4,10,12H2,1-2H3,(H,21,25)(H,20,22,24)/t13-,14+/m1/s1. The van der Waals surface area contributed by atoms with Gasteiger partial charge in [-0.25, -0.2) is 13.4 Å². The molecule has 0 unspecified atom stereocenters. The van der Waals surface area contributed by atoms with Crippen molar-refractivity contribution < 1.29 is 22.7 Å². The number of ether oxygens (including phenoxy) is 1. The largest absolute Gasteiger partial charge is 0.497 e. The maximum absolute atomic E-state index is 12.9. The molecule has 1 aromatic carbocycles. The van der Waals surface area contributed by atoms with Crippen LogP contribution in [0.3, 0.4) is 0 Å². The Morgan fingerprint density at radius 2 is 2.03 bits per heavy atom. The van der Waals surface area contributed by atoms with E-state index in [-0.39, 0.29) is 23.3 Å². The van der Waals surface area contributed by atoms with Crippen molar-refractivity contribution in [2.24, 2.45) is 5.92 Å². The van der Waals surface area contributed by atoms with Crippen LogP contribution in [0.5, 0.6) is 5.75 Å². The van der Waals surface area contributed by atoms with Crippen LogP contribution in [-0.4, -0.2) is 55.8 Å². The number of sulfonamides is 1. The van der Waals surface area contributed by atoms with Crippen molar-refractivity contribution in [2.45, 2.75) is 30.7 Å². The predicted molar refractivity (Wildman–Crippen MR) is 113 cm³/mol. The number of benzene rings is 1. The zero-order valence-electron chi connectivity index (χ0n) is 16.7. The molecule has 162 valence electrons. The molecule has 2 heterocycles. The Hall–Kier alpha value is -2.50. The number of amides is 2. The molecule has 2 aromatic rings. The number of hydrogen-bond acceptors (Lipinski definition) is 7. The molecule has 1 aliphatic rings. The van der Waals surface area contributed by atoms with Gasteiger partial charge in [0.1, 0.15) is 11.8 Å². The van der Waals surface area contributed by atoms with Crippen molar-refractivity contribution in [1.82, 2.24) is 14.6 Å². The first-order valence-electron chi connectivity index (χ1n) is 9.46. The van der Waals surface area contributed by atoms with Crippen LogP contribution in [0.25, 0.3) is 0 Å². The highest BCUT2D eigenvalue weighted by Gasteiger charge is 2.34. The first-order valence-corrected chi connectivity index (χ1v) is 11.8. The van der Waals surface area contributed by atoms with Gasteiger partial charge in [0.05, 0.1) is 17.9 Å². The van der Waals surface area contributed by atoms with E-state index in [0.29, 0.717) is 30.3 Å². The number of rotatable bonds is 7. The van der Waals surface area contributed by atoms with E-state index < -0.39 is 22.0 Å². The molecule has 30 heavy (non-hydrogen) atoms. The summed E-state index contributed by atoms with van der Waals surface area (Å²) in [5.41, 5.74) is 0. The van der Waals surface area contributed by atoms with Crippen molar-refractivity contribution in [3.63, 3.8) is 0 Å². The molecule has 0 saturated carbocycles. The molecule has 1 saturated heterocycles. The lowest BCUT2D eigenvalue weighted by molar-refractivity contribution is -0.129. The van der Waals surface area contributed by atoms with Gasteiger partial charge in [-0.3, -0.25) is 9.59 Å². The van der Waals surface area contributed by atoms with E-state index in [1.807, 2.05) is 0 Å². The summed E-state index contributed by atoms with van der Waals surface area (Å²) < 4.78 is 32.3. The molecule has 1 aliphatic heterocycles. The summed E-state index contributed by atoms with van der Waals surface area (Å²) in [6, 6.07) is 5.38. The number of nitrogens with zero attached hydrogens (tertiary/aromatic N) is 2. The lowest BCUT2D eigenvalue weighted by atomic mass is 9.98. The van der Waals surface area contributed by atoms with Crippen LogP contribution in [0.15, 0.2) is 40.7 Å². The van der Waals surface area contributed by atoms with Crippen LogP contribution in [-0.2, 0) is 19.6 Å². The quantitative estimate of drug-likeness (QED) is 0.660. The summed E-state index contributed by atoms with van der Waals surface area (Å²) in [7, 11) is -2.21. The minimum absolute atomic E-state index is 0.0705. The number of carbonyl (C=O) groups is 2. The Bertz CT molecular complexity index is 977. The maximum atomic E-state index is 12.9. The van der Waals surface area contributed by atoms with Crippen LogP contribution < -0.4 is 15.4 Å². The van der Waals surface area contributed by atoms with E-state index in [4.69, 9.17) is 4.74 Å². The second kappa shape index (κ2) is 9.54. The van der Waals surface area contributed by atoms with Crippen molar-refractivity contribution in [1.29, 1.82) is 0 Å². The number of aromatic nitrogens is 1. The van der Waals surface area contributed by atoms with E-state index in [0.717, 1.165) is 0 Å². The Morgan fingerprint density at radius 3 is 2.67 bits per heavy atom. The monoisotopic (exact) mass is 452 g/mol. The Balaban J connectivity index is 1.61. The van der Waals surface area contributed by atoms with Crippen LogP contribution >= 0.6 is 11.3 Å². The average molecular weight is 453 g/mol. The molecule has 11 heteroatoms. The van der Waals surface area contributed by atoms with Gasteiger partial charge in [0.15, 0.2) is 5.13 Å². The van der Waals surface area contributed by atoms with E-state index in [9.17, 15) is 18.0 Å². The SMILES string of the molecule is COc1ccc(S(=O)(=O)N2CCC[C@H](C(=O)N[C@H](C)C(=O)Nc3nccs3)C2)cc1. The molecule has 2 atom stereocenters. The highest BCUT2D eigenvalue weighted by atomic mass is 32.2. The molecular weight excluding hydrogens is 428 g/mol. The molecule has 0 radical (unpaired) electrons. The van der Waals surface area contributed by atoms with Crippen LogP contribution in [0.4, 0.5) is 5.13 Å². The van der Waals surface area contributed by atoms with E-state index in [1.54, 1.807) is 30.6 Å². The van der Waals surface area contributed by atoms with E-state index in [2.05, 4.69) is 15.6 Å². The highest BCUT2D eigenvalue weighted by Crippen LogP contribution is 2.25. The van der Waals surface area contributed by atoms with Crippen LogP contribution in [0.2, 0.25) is 0 Å². The number of piperidine rings is 1. The third-order valence-corrected chi connectivity index (χ3v) is 7.43. The summed E-state index contributed by atoms with van der Waals surface area (Å²) in [4.78, 5) is 29.0. The molecule has 0 bridgehead atoms. The van der Waals surface area contributed by atoms with Gasteiger partial charge in [0.25, 0.3) is 0 Å². The third kappa shape index (κ3) is 5.15. The van der Waals surface area contributed by atoms with Crippen molar-refractivity contribution in [2.75, 3.05) is 25.5 Å². The topological polar surface area (TPSA) is 118 Å². The van der Waals surface area contributed by atoms with Gasteiger partial charge < -0.3 is 15.4 Å². The summed E-state index contributed by atoms with van der Waals surface area (Å²) >= 11 is 1.28. The third-order valence-electron chi connectivity index (χ3n) is 4.87. The zero-order chi connectivity index (χ0) is 21.7. The van der Waals surface area contributed by atoms with E-state index in [1.165, 1.54) is 34.9 Å². The summed E-state index contributed by atoms with van der Waals surface area (Å²) in [6.45, 7) is 1.99. The number of hydrogen-bond donors (Lipinski definition) is 2. The molecule has 9 nitrogen and oxygen atoms in total. The summed E-state index contributed by atoms with van der Waals surface area (Å²) in [6.07, 6.45) is 2.69. The Morgan fingerprint density at radius 1 is 1.30 bits per heavy atom. The molecular formula is C19H24N4O5S2. The smallest absolute Gasteiger partial charge is 0.248 e. The maximum Gasteiger partial charge on any atom is 0.248 e. The molecule has 0 spiro atoms. The molecule has 1 aromatic heterocycles. The number of anilines is 1. The van der Waals surface area contributed by atoms with Gasteiger partial charge in [-0.1, -0.05) is 0 Å². The predicted octanol–water partition coefficient (Wildman–Crippen LogP) is 1.70. The minimum Gasteiger partial charge on any atom is -0.497 e. The van der Waals surface area contributed by atoms with Gasteiger partial charge in [-0.05, 0) is 44.0 Å². The molecule has 3 rings (SSSR count). The van der Waals surface area contributed by atoms with Gasteiger partial charge in [-0.2, -0.15) is 4.31 Å². The lowest BCUT2D eigenvalue weighted by Gasteiger charge is -2.31. The molecule has 1 fully saturated rings. The number of thiazole rings is 1. The first-order chi connectivity index (χ1) is 14.3. The van der Waals surface area contributed by atoms with Crippen molar-refractivity contribution >= 4 is 38.3 Å². The number of nitrogens with one attached hydrogen (secondary N) is 2. The molecule has 0 aliphatic carbocycles. The first kappa shape index (κ1) is 22.2.